The van der Waals surface area contributed by atoms with E-state index < -0.39 is 8.07 Å². The molecule has 0 saturated heterocycles. The predicted octanol–water partition coefficient (Wildman–Crippen LogP) is -0.558. The van der Waals surface area contributed by atoms with Crippen molar-refractivity contribution in [1.29, 1.82) is 0 Å². The largest absolute Gasteiger partial charge is 1.00 e. The zero-order valence-corrected chi connectivity index (χ0v) is 14.5. The third kappa shape index (κ3) is 5.45. The molecular weight excluding hydrogens is 325 g/mol. The molecule has 1 nitrogen and oxygen atoms in total. The minimum atomic E-state index is -1.15. The maximum Gasteiger partial charge on any atom is 0.104 e. The van der Waals surface area contributed by atoms with E-state index in [2.05, 4.69) is 65.0 Å². The molecule has 0 amide bonds. The van der Waals surface area contributed by atoms with Gasteiger partial charge < -0.3 is 28.5 Å². The fourth-order valence-electron chi connectivity index (χ4n) is 1.68. The average Bonchev–Trinajstić information content (AvgIpc) is 1.99. The van der Waals surface area contributed by atoms with Crippen LogP contribution in [0.1, 0.15) is 5.56 Å². The van der Waals surface area contributed by atoms with Crippen molar-refractivity contribution in [3.05, 3.63) is 29.8 Å². The van der Waals surface area contributed by atoms with E-state index >= 15 is 0 Å². The van der Waals surface area contributed by atoms with Gasteiger partial charge in [0.2, 0.25) is 0 Å². The first-order valence-corrected chi connectivity index (χ1v) is 9.08. The van der Waals surface area contributed by atoms with E-state index in [4.69, 9.17) is 0 Å². The van der Waals surface area contributed by atoms with E-state index in [-0.39, 0.29) is 24.0 Å². The third-order valence-electron chi connectivity index (χ3n) is 2.45. The Balaban J connectivity index is 0.00000225. The van der Waals surface area contributed by atoms with Crippen molar-refractivity contribution in [3.63, 3.8) is 0 Å². The van der Waals surface area contributed by atoms with Crippen LogP contribution in [0.3, 0.4) is 0 Å². The van der Waals surface area contributed by atoms with Crippen molar-refractivity contribution in [3.8, 4) is 0 Å². The number of nitrogens with zero attached hydrogens (tertiary/aromatic N) is 1. The van der Waals surface area contributed by atoms with Crippen LogP contribution in [0.15, 0.2) is 24.3 Å². The van der Waals surface area contributed by atoms with Gasteiger partial charge >= 0.3 is 0 Å². The monoisotopic (exact) mass is 349 g/mol. The van der Waals surface area contributed by atoms with Crippen molar-refractivity contribution in [2.45, 2.75) is 26.2 Å². The molecule has 0 saturated carbocycles. The quantitative estimate of drug-likeness (QED) is 0.390. The number of hydrogen-bond donors (Lipinski definition) is 0. The first kappa shape index (κ1) is 16.1. The minimum Gasteiger partial charge on any atom is -1.00 e. The molecule has 1 rings (SSSR count). The lowest BCUT2D eigenvalue weighted by atomic mass is 10.2. The molecule has 0 radical (unpaired) electrons. The Labute approximate surface area is 118 Å². The molecule has 0 aliphatic heterocycles. The SMILES string of the molecule is C[N+](C)(C)Cc1cccc([Si](C)(C)C)c1.[I-]. The molecule has 0 unspecified atom stereocenters. The van der Waals surface area contributed by atoms with Crippen LogP contribution in [0, 0.1) is 0 Å². The fraction of sp³-hybridized carbons (Fsp3) is 0.538. The van der Waals surface area contributed by atoms with Crippen LogP contribution in [-0.4, -0.2) is 33.7 Å². The van der Waals surface area contributed by atoms with Crippen molar-refractivity contribution >= 4 is 13.3 Å². The Hall–Kier alpha value is 0.127. The summed E-state index contributed by atoms with van der Waals surface area (Å²) in [5.41, 5.74) is 1.46. The van der Waals surface area contributed by atoms with Gasteiger partial charge in [-0.2, -0.15) is 0 Å². The number of rotatable bonds is 3. The van der Waals surface area contributed by atoms with Crippen LogP contribution in [0.4, 0.5) is 0 Å². The van der Waals surface area contributed by atoms with Crippen LogP contribution < -0.4 is 29.2 Å². The molecule has 0 bridgehead atoms. The highest BCUT2D eigenvalue weighted by Gasteiger charge is 2.17. The normalized spacial score (nSPS) is 12.1. The van der Waals surface area contributed by atoms with Crippen LogP contribution >= 0.6 is 0 Å². The van der Waals surface area contributed by atoms with Gasteiger partial charge in [-0.25, -0.2) is 0 Å². The lowest BCUT2D eigenvalue weighted by Gasteiger charge is -2.25. The molecule has 92 valence electrons. The first-order chi connectivity index (χ1) is 6.68. The Morgan fingerprint density at radius 3 is 2.06 bits per heavy atom. The summed E-state index contributed by atoms with van der Waals surface area (Å²) in [6, 6.07) is 9.13. The molecule has 0 heterocycles. The molecule has 0 aromatic heterocycles. The molecule has 1 aromatic rings. The highest BCUT2D eigenvalue weighted by Crippen LogP contribution is 2.08. The summed E-state index contributed by atoms with van der Waals surface area (Å²) in [5.74, 6) is 0. The zero-order chi connectivity index (χ0) is 11.7. The molecule has 0 N–H and O–H groups in total. The topological polar surface area (TPSA) is 0 Å². The van der Waals surface area contributed by atoms with E-state index in [9.17, 15) is 0 Å². The summed E-state index contributed by atoms with van der Waals surface area (Å²) in [6.45, 7) is 8.31. The zero-order valence-electron chi connectivity index (χ0n) is 11.3. The van der Waals surface area contributed by atoms with E-state index in [0.717, 1.165) is 11.0 Å². The highest BCUT2D eigenvalue weighted by molar-refractivity contribution is 6.88. The third-order valence-corrected chi connectivity index (χ3v) is 4.49. The van der Waals surface area contributed by atoms with Gasteiger partial charge in [-0.15, -0.1) is 0 Å². The van der Waals surface area contributed by atoms with E-state index in [1.54, 1.807) is 5.19 Å². The van der Waals surface area contributed by atoms with Gasteiger partial charge in [-0.1, -0.05) is 49.1 Å². The van der Waals surface area contributed by atoms with Gasteiger partial charge in [0.05, 0.1) is 29.2 Å². The second kappa shape index (κ2) is 5.64. The Morgan fingerprint density at radius 1 is 1.06 bits per heavy atom. The lowest BCUT2D eigenvalue weighted by Crippen LogP contribution is -3.00. The molecule has 0 spiro atoms. The fourth-order valence-corrected chi connectivity index (χ4v) is 2.90. The lowest BCUT2D eigenvalue weighted by molar-refractivity contribution is -0.883. The second-order valence-corrected chi connectivity index (χ2v) is 11.5. The van der Waals surface area contributed by atoms with Gasteiger partial charge in [0, 0.05) is 5.56 Å². The van der Waals surface area contributed by atoms with Crippen molar-refractivity contribution in [2.24, 2.45) is 0 Å². The molecule has 0 atom stereocenters. The molecule has 0 fully saturated rings. The van der Waals surface area contributed by atoms with Gasteiger partial charge in [-0.05, 0) is 0 Å². The summed E-state index contributed by atoms with van der Waals surface area (Å²) in [7, 11) is 5.56. The maximum atomic E-state index is 2.40. The molecule has 3 heteroatoms. The smallest absolute Gasteiger partial charge is 0.104 e. The summed E-state index contributed by atoms with van der Waals surface area (Å²) >= 11 is 0. The second-order valence-electron chi connectivity index (χ2n) is 6.40. The van der Waals surface area contributed by atoms with Crippen LogP contribution in [0.25, 0.3) is 0 Å². The summed E-state index contributed by atoms with van der Waals surface area (Å²) in [6.07, 6.45) is 0. The van der Waals surface area contributed by atoms with E-state index in [0.29, 0.717) is 0 Å². The van der Waals surface area contributed by atoms with Gasteiger partial charge in [0.1, 0.15) is 6.54 Å². The Kier molecular flexibility index (Phi) is 5.69. The Bertz CT molecular complexity index is 337. The van der Waals surface area contributed by atoms with Crippen molar-refractivity contribution in [1.82, 2.24) is 0 Å². The predicted molar refractivity (Wildman–Crippen MR) is 71.2 cm³/mol. The van der Waals surface area contributed by atoms with E-state index in [1.807, 2.05) is 0 Å². The number of benzene rings is 1. The Morgan fingerprint density at radius 2 is 1.62 bits per heavy atom. The first-order valence-electron chi connectivity index (χ1n) is 5.58. The van der Waals surface area contributed by atoms with Crippen LogP contribution in [-0.2, 0) is 6.54 Å². The molecule has 0 aliphatic rings. The average molecular weight is 349 g/mol. The molecule has 16 heavy (non-hydrogen) atoms. The molecule has 0 aliphatic carbocycles. The summed E-state index contributed by atoms with van der Waals surface area (Å²) in [4.78, 5) is 0. The van der Waals surface area contributed by atoms with Crippen LogP contribution in [0.5, 0.6) is 0 Å². The highest BCUT2D eigenvalue weighted by atomic mass is 127. The van der Waals surface area contributed by atoms with Gasteiger partial charge in [0.15, 0.2) is 0 Å². The van der Waals surface area contributed by atoms with Gasteiger partial charge in [0.25, 0.3) is 0 Å². The summed E-state index contributed by atoms with van der Waals surface area (Å²) in [5, 5.41) is 1.56. The molecule has 1 aromatic carbocycles. The van der Waals surface area contributed by atoms with Crippen LogP contribution in [0.2, 0.25) is 19.6 Å². The van der Waals surface area contributed by atoms with E-state index in [1.165, 1.54) is 5.56 Å². The minimum absolute atomic E-state index is 0. The number of hydrogen-bond acceptors (Lipinski definition) is 0. The van der Waals surface area contributed by atoms with Gasteiger partial charge in [-0.3, -0.25) is 0 Å². The van der Waals surface area contributed by atoms with Crippen molar-refractivity contribution in [2.75, 3.05) is 21.1 Å². The van der Waals surface area contributed by atoms with Crippen molar-refractivity contribution < 1.29 is 28.5 Å². The molecular formula is C13H24INSi. The number of halogens is 1. The maximum absolute atomic E-state index is 2.40. The number of quaternary nitrogens is 1. The standard InChI is InChI=1S/C13H24NSi.HI/c1-14(2,3)11-12-8-7-9-13(10-12)15(4,5)6;/h7-10H,11H2,1-6H3;1H/q+1;/p-1. The summed E-state index contributed by atoms with van der Waals surface area (Å²) < 4.78 is 0.995.